The molecule has 0 saturated heterocycles. The largest absolute Gasteiger partial charge is 0.450 e. The molecular weight excluding hydrogens is 390 g/mol. The van der Waals surface area contributed by atoms with E-state index in [-0.39, 0.29) is 18.4 Å². The van der Waals surface area contributed by atoms with Gasteiger partial charge in [-0.25, -0.2) is 4.79 Å². The number of carbonyl (C=O) groups excluding carboxylic acids is 1. The van der Waals surface area contributed by atoms with Gasteiger partial charge in [-0.1, -0.05) is 46.3 Å². The number of cyclic esters (lactones) is 1. The zero-order valence-corrected chi connectivity index (χ0v) is 16.2. The van der Waals surface area contributed by atoms with Crippen LogP contribution in [0.3, 0.4) is 0 Å². The van der Waals surface area contributed by atoms with Crippen molar-refractivity contribution in [3.63, 3.8) is 0 Å². The number of esters is 1. The normalized spacial score (nSPS) is 19.4. The lowest BCUT2D eigenvalue weighted by atomic mass is 9.81. The molecule has 0 saturated carbocycles. The molecule has 5 heteroatoms. The Morgan fingerprint density at radius 2 is 1.92 bits per heavy atom. The monoisotopic (exact) mass is 409 g/mol. The molecule has 0 N–H and O–H groups in total. The first kappa shape index (κ1) is 19.0. The van der Waals surface area contributed by atoms with E-state index in [0.29, 0.717) is 12.0 Å². The third kappa shape index (κ3) is 3.82. The van der Waals surface area contributed by atoms with Gasteiger partial charge in [-0.2, -0.15) is 0 Å². The molecule has 2 aromatic carbocycles. The van der Waals surface area contributed by atoms with Gasteiger partial charge in [-0.3, -0.25) is 0 Å². The molecule has 3 nitrogen and oxygen atoms in total. The molecule has 1 unspecified atom stereocenters. The average molecular weight is 411 g/mol. The molecule has 128 valence electrons. The number of nitrogens with zero attached hydrogens (tertiary/aromatic N) is 1. The molecule has 0 spiro atoms. The first-order valence-electron chi connectivity index (χ1n) is 7.72. The molecule has 0 fully saturated rings. The molecule has 1 atom stereocenters. The Morgan fingerprint density at radius 1 is 1.17 bits per heavy atom. The van der Waals surface area contributed by atoms with Crippen molar-refractivity contribution in [2.45, 2.75) is 18.4 Å². The molecule has 0 radical (unpaired) electrons. The molecule has 3 rings (SSSR count). The van der Waals surface area contributed by atoms with E-state index in [4.69, 9.17) is 4.74 Å². The van der Waals surface area contributed by atoms with Gasteiger partial charge in [0.15, 0.2) is 0 Å². The summed E-state index contributed by atoms with van der Waals surface area (Å²) in [7, 11) is 4.07. The molecule has 0 bridgehead atoms. The van der Waals surface area contributed by atoms with Crippen LogP contribution in [0.25, 0.3) is 0 Å². The first-order chi connectivity index (χ1) is 11.0. The Labute approximate surface area is 157 Å². The molecule has 1 heterocycles. The highest BCUT2D eigenvalue weighted by Gasteiger charge is 2.41. The maximum Gasteiger partial charge on any atom is 0.339 e. The highest BCUT2D eigenvalue weighted by molar-refractivity contribution is 9.10. The van der Waals surface area contributed by atoms with Gasteiger partial charge in [-0.15, -0.1) is 12.4 Å². The standard InChI is InChI=1S/C19H20BrNO2.ClH/c1-21(2)11-10-19(15-7-5-8-16(20)12-15)13-14-6-3-4-9-17(14)18(22)23-19;/h3-9,12H,10-11,13H2,1-2H3;1H. The van der Waals surface area contributed by atoms with Gasteiger partial charge in [0.25, 0.3) is 0 Å². The van der Waals surface area contributed by atoms with Crippen LogP contribution in [0.15, 0.2) is 53.0 Å². The number of carbonyl (C=O) groups is 1. The van der Waals surface area contributed by atoms with Gasteiger partial charge in [0, 0.05) is 23.9 Å². The molecule has 2 aromatic rings. The summed E-state index contributed by atoms with van der Waals surface area (Å²) >= 11 is 3.53. The molecule has 24 heavy (non-hydrogen) atoms. The van der Waals surface area contributed by atoms with Crippen LogP contribution in [-0.4, -0.2) is 31.5 Å². The lowest BCUT2D eigenvalue weighted by molar-refractivity contribution is -0.0355. The van der Waals surface area contributed by atoms with Crippen molar-refractivity contribution < 1.29 is 9.53 Å². The van der Waals surface area contributed by atoms with Gasteiger partial charge in [-0.05, 0) is 43.4 Å². The first-order valence-corrected chi connectivity index (χ1v) is 8.51. The van der Waals surface area contributed by atoms with E-state index < -0.39 is 5.60 Å². The molecule has 0 amide bonds. The van der Waals surface area contributed by atoms with Crippen molar-refractivity contribution in [1.29, 1.82) is 0 Å². The number of hydrogen-bond acceptors (Lipinski definition) is 3. The van der Waals surface area contributed by atoms with Crippen molar-refractivity contribution in [3.05, 3.63) is 69.7 Å². The fourth-order valence-electron chi connectivity index (χ4n) is 3.07. The van der Waals surface area contributed by atoms with E-state index in [1.807, 2.05) is 56.6 Å². The summed E-state index contributed by atoms with van der Waals surface area (Å²) < 4.78 is 7.00. The zero-order valence-electron chi connectivity index (χ0n) is 13.8. The molecule has 1 aliphatic rings. The van der Waals surface area contributed by atoms with Gasteiger partial charge < -0.3 is 9.64 Å². The van der Waals surface area contributed by atoms with Crippen LogP contribution in [0, 0.1) is 0 Å². The van der Waals surface area contributed by atoms with Gasteiger partial charge in [0.05, 0.1) is 5.56 Å². The van der Waals surface area contributed by atoms with E-state index in [1.165, 1.54) is 0 Å². The van der Waals surface area contributed by atoms with Crippen molar-refractivity contribution in [2.24, 2.45) is 0 Å². The van der Waals surface area contributed by atoms with E-state index >= 15 is 0 Å². The topological polar surface area (TPSA) is 29.5 Å². The van der Waals surface area contributed by atoms with Crippen LogP contribution >= 0.6 is 28.3 Å². The smallest absolute Gasteiger partial charge is 0.339 e. The van der Waals surface area contributed by atoms with Gasteiger partial charge in [0.2, 0.25) is 0 Å². The van der Waals surface area contributed by atoms with Crippen molar-refractivity contribution in [3.8, 4) is 0 Å². The second-order valence-corrected chi connectivity index (χ2v) is 7.20. The van der Waals surface area contributed by atoms with E-state index in [2.05, 4.69) is 26.9 Å². The second-order valence-electron chi connectivity index (χ2n) is 6.28. The number of benzene rings is 2. The lowest BCUT2D eigenvalue weighted by Gasteiger charge is -2.39. The Bertz CT molecular complexity index is 735. The molecule has 0 aliphatic carbocycles. The van der Waals surface area contributed by atoms with Gasteiger partial charge in [0.1, 0.15) is 5.60 Å². The van der Waals surface area contributed by atoms with Crippen molar-refractivity contribution in [2.75, 3.05) is 20.6 Å². The number of ether oxygens (including phenoxy) is 1. The predicted octanol–water partition coefficient (Wildman–Crippen LogP) is 4.43. The molecule has 0 aromatic heterocycles. The number of rotatable bonds is 4. The fourth-order valence-corrected chi connectivity index (χ4v) is 3.47. The average Bonchev–Trinajstić information content (AvgIpc) is 2.53. The summed E-state index contributed by atoms with van der Waals surface area (Å²) in [6.07, 6.45) is 1.47. The Balaban J connectivity index is 0.00000208. The van der Waals surface area contributed by atoms with Crippen molar-refractivity contribution >= 4 is 34.3 Å². The minimum absolute atomic E-state index is 0. The SMILES string of the molecule is CN(C)CCC1(c2cccc(Br)c2)Cc2ccccc2C(=O)O1.Cl. The van der Waals surface area contributed by atoms with Crippen LogP contribution in [-0.2, 0) is 16.8 Å². The number of fused-ring (bicyclic) bond motifs is 1. The van der Waals surface area contributed by atoms with E-state index in [1.54, 1.807) is 0 Å². The Morgan fingerprint density at radius 3 is 2.62 bits per heavy atom. The summed E-state index contributed by atoms with van der Waals surface area (Å²) in [4.78, 5) is 14.7. The van der Waals surface area contributed by atoms with Crippen LogP contribution in [0.4, 0.5) is 0 Å². The summed E-state index contributed by atoms with van der Waals surface area (Å²) in [5.74, 6) is -0.231. The minimum atomic E-state index is -0.612. The second kappa shape index (κ2) is 7.68. The van der Waals surface area contributed by atoms with Crippen LogP contribution in [0.5, 0.6) is 0 Å². The number of hydrogen-bond donors (Lipinski definition) is 0. The van der Waals surface area contributed by atoms with Crippen molar-refractivity contribution in [1.82, 2.24) is 4.90 Å². The number of halogens is 2. The zero-order chi connectivity index (χ0) is 16.4. The van der Waals surface area contributed by atoms with E-state index in [9.17, 15) is 4.79 Å². The summed E-state index contributed by atoms with van der Waals surface area (Å²) in [6.45, 7) is 0.849. The maximum absolute atomic E-state index is 12.6. The highest BCUT2D eigenvalue weighted by atomic mass is 79.9. The third-order valence-corrected chi connectivity index (χ3v) is 4.81. The summed E-state index contributed by atoms with van der Waals surface area (Å²) in [6, 6.07) is 15.8. The molecular formula is C19H21BrClNO2. The Hall–Kier alpha value is -1.36. The summed E-state index contributed by atoms with van der Waals surface area (Å²) in [5.41, 5.74) is 2.17. The summed E-state index contributed by atoms with van der Waals surface area (Å²) in [5, 5.41) is 0. The lowest BCUT2D eigenvalue weighted by Crippen LogP contribution is -2.41. The van der Waals surface area contributed by atoms with Gasteiger partial charge >= 0.3 is 5.97 Å². The highest BCUT2D eigenvalue weighted by Crippen LogP contribution is 2.39. The van der Waals surface area contributed by atoms with Crippen LogP contribution < -0.4 is 0 Å². The maximum atomic E-state index is 12.6. The predicted molar refractivity (Wildman–Crippen MR) is 102 cm³/mol. The Kier molecular flexibility index (Phi) is 6.07. The minimum Gasteiger partial charge on any atom is -0.450 e. The molecule has 1 aliphatic heterocycles. The van der Waals surface area contributed by atoms with Crippen LogP contribution in [0.1, 0.15) is 27.9 Å². The quantitative estimate of drug-likeness (QED) is 0.698. The fraction of sp³-hybridized carbons (Fsp3) is 0.316. The van der Waals surface area contributed by atoms with E-state index in [0.717, 1.165) is 28.6 Å². The van der Waals surface area contributed by atoms with Crippen LogP contribution in [0.2, 0.25) is 0 Å². The third-order valence-electron chi connectivity index (χ3n) is 4.31.